The molecule has 124 valence electrons. The number of hydrogen-bond donors (Lipinski definition) is 0. The molecule has 0 nitrogen and oxygen atoms in total. The van der Waals surface area contributed by atoms with Crippen molar-refractivity contribution >= 4 is 72.4 Å². The molecule has 1 fully saturated rings. The van der Waals surface area contributed by atoms with Crippen LogP contribution in [0.25, 0.3) is 0 Å². The van der Waals surface area contributed by atoms with Gasteiger partial charge < -0.3 is 0 Å². The van der Waals surface area contributed by atoms with Gasteiger partial charge in [-0.25, -0.2) is 0 Å². The fourth-order valence-electron chi connectivity index (χ4n) is 6.14. The molecule has 21 heavy (non-hydrogen) atoms. The molecule has 0 unspecified atom stereocenters. The first kappa shape index (κ1) is 21.7. The van der Waals surface area contributed by atoms with Crippen molar-refractivity contribution in [3.05, 3.63) is 0 Å². The molecular weight excluding hydrogens is 545 g/mol. The molecule has 1 aliphatic carbocycles. The maximum Gasteiger partial charge on any atom is 0.444 e. The lowest BCUT2D eigenvalue weighted by Crippen LogP contribution is -2.72. The topological polar surface area (TPSA) is 0 Å². The van der Waals surface area contributed by atoms with Crippen molar-refractivity contribution in [2.45, 2.75) is 93.2 Å². The molecule has 0 atom stereocenters. The van der Waals surface area contributed by atoms with E-state index in [0.717, 1.165) is 8.69 Å². The summed E-state index contributed by atoms with van der Waals surface area (Å²) in [5.74, 6) is 0. The van der Waals surface area contributed by atoms with Crippen LogP contribution in [0.1, 0.15) is 32.1 Å². The van der Waals surface area contributed by atoms with Crippen LogP contribution in [-0.4, -0.2) is 31.8 Å². The number of halogens is 2. The molecule has 0 spiro atoms. The fourth-order valence-corrected chi connectivity index (χ4v) is 90.6. The first-order valence-corrected chi connectivity index (χ1v) is 27.6. The largest absolute Gasteiger partial charge is 0.444 e. The fraction of sp³-hybridized carbons (Fsp3) is 1.00. The Labute approximate surface area is 163 Å². The summed E-state index contributed by atoms with van der Waals surface area (Å²) in [5, 5.41) is 0. The lowest BCUT2D eigenvalue weighted by atomic mass is 10.0. The van der Waals surface area contributed by atoms with Crippen molar-refractivity contribution in [2.24, 2.45) is 0 Å². The summed E-state index contributed by atoms with van der Waals surface area (Å²) in [4.78, 5) is 0. The molecule has 0 bridgehead atoms. The van der Waals surface area contributed by atoms with Gasteiger partial charge in [0.2, 0.25) is 0 Å². The van der Waals surface area contributed by atoms with Gasteiger partial charge in [-0.15, -0.1) is 0 Å². The maximum atomic E-state index is 2.96. The highest BCUT2D eigenvalue weighted by molar-refractivity contribution is 14.3. The minimum atomic E-state index is -1.25. The van der Waals surface area contributed by atoms with Crippen LogP contribution in [0.4, 0.5) is 0 Å². The van der Waals surface area contributed by atoms with Crippen LogP contribution < -0.4 is 0 Å². The van der Waals surface area contributed by atoms with Crippen LogP contribution in [0.2, 0.25) is 61.1 Å². The third-order valence-corrected chi connectivity index (χ3v) is 55.4. The van der Waals surface area contributed by atoms with Gasteiger partial charge in [0, 0.05) is 24.2 Å². The quantitative estimate of drug-likeness (QED) is 0.235. The summed E-state index contributed by atoms with van der Waals surface area (Å²) >= 11 is 5.92. The predicted octanol–water partition coefficient (Wildman–Crippen LogP) is 7.42. The maximum absolute atomic E-state index is 2.96. The second-order valence-corrected chi connectivity index (χ2v) is 44.6. The molecule has 1 saturated carbocycles. The van der Waals surface area contributed by atoms with Gasteiger partial charge in [0.15, 0.2) is 0 Å². The molecule has 6 heteroatoms. The molecule has 0 saturated heterocycles. The van der Waals surface area contributed by atoms with Gasteiger partial charge in [-0.2, -0.15) is 40.5 Å². The van der Waals surface area contributed by atoms with E-state index in [1.807, 2.05) is 0 Å². The van der Waals surface area contributed by atoms with Crippen molar-refractivity contribution < 1.29 is 0 Å². The van der Waals surface area contributed by atoms with Gasteiger partial charge in [0.1, 0.15) is 0 Å². The lowest BCUT2D eigenvalue weighted by Gasteiger charge is -2.63. The van der Waals surface area contributed by atoms with E-state index in [0.29, 0.717) is 0 Å². The molecular formula is C15H35AlI2Si3. The van der Waals surface area contributed by atoms with Crippen LogP contribution in [-0.2, 0) is 0 Å². The van der Waals surface area contributed by atoms with E-state index in [-0.39, 0.29) is 0 Å². The summed E-state index contributed by atoms with van der Waals surface area (Å²) < 4.78 is 0.857. The monoisotopic (exact) mass is 580 g/mol. The first-order chi connectivity index (χ1) is 9.30. The SMILES string of the molecule is C[Si](C)(C)[C]([Al]([I])[I])([Si](C)(C)C)[Si](C)(C)C1CCCCC1. The Morgan fingerprint density at radius 2 is 1.14 bits per heavy atom. The van der Waals surface area contributed by atoms with Crippen molar-refractivity contribution in [2.75, 3.05) is 0 Å². The van der Waals surface area contributed by atoms with E-state index in [1.54, 1.807) is 12.8 Å². The van der Waals surface area contributed by atoms with E-state index < -0.39 is 31.8 Å². The average molecular weight is 580 g/mol. The Balaban J connectivity index is 3.47. The van der Waals surface area contributed by atoms with Crippen LogP contribution in [0.15, 0.2) is 0 Å². The van der Waals surface area contributed by atoms with Crippen molar-refractivity contribution in [1.82, 2.24) is 0 Å². The molecule has 0 radical (unpaired) electrons. The average Bonchev–Trinajstić information content (AvgIpc) is 2.25. The molecule has 0 aromatic carbocycles. The Hall–Kier alpha value is 2.64. The molecule has 0 aromatic rings. The Morgan fingerprint density at radius 3 is 1.43 bits per heavy atom. The summed E-state index contributed by atoms with van der Waals surface area (Å²) in [7, 11) is -4.36. The summed E-state index contributed by atoms with van der Waals surface area (Å²) in [6, 6.07) is 0. The van der Waals surface area contributed by atoms with E-state index in [4.69, 9.17) is 0 Å². The van der Waals surface area contributed by atoms with Gasteiger partial charge in [-0.1, -0.05) is 87.6 Å². The Kier molecular flexibility index (Phi) is 7.73. The van der Waals surface area contributed by atoms with Crippen LogP contribution >= 0.6 is 40.5 Å². The molecule has 0 N–H and O–H groups in total. The van der Waals surface area contributed by atoms with Gasteiger partial charge in [-0.05, 0) is 5.54 Å². The van der Waals surface area contributed by atoms with E-state index >= 15 is 0 Å². The first-order valence-electron chi connectivity index (χ1n) is 8.58. The lowest BCUT2D eigenvalue weighted by molar-refractivity contribution is 0.490. The summed E-state index contributed by atoms with van der Waals surface area (Å²) in [5.41, 5.74) is 1.12. The van der Waals surface area contributed by atoms with Gasteiger partial charge in [0.05, 0.1) is 0 Å². The number of rotatable bonds is 5. The van der Waals surface area contributed by atoms with Crippen LogP contribution in [0, 0.1) is 0 Å². The molecule has 0 aliphatic heterocycles. The third kappa shape index (κ3) is 3.92. The van der Waals surface area contributed by atoms with E-state index in [9.17, 15) is 0 Å². The molecule has 0 heterocycles. The highest BCUT2D eigenvalue weighted by Crippen LogP contribution is 2.63. The molecule has 1 aliphatic rings. The van der Waals surface area contributed by atoms with Gasteiger partial charge in [-0.3, -0.25) is 0 Å². The molecule has 1 rings (SSSR count). The van der Waals surface area contributed by atoms with Gasteiger partial charge >= 0.3 is 7.58 Å². The smallest absolute Gasteiger partial charge is 0.191 e. The molecule has 0 aromatic heterocycles. The van der Waals surface area contributed by atoms with E-state index in [2.05, 4.69) is 92.9 Å². The highest BCUT2D eigenvalue weighted by atomic mass is 127. The zero-order valence-electron chi connectivity index (χ0n) is 15.4. The summed E-state index contributed by atoms with van der Waals surface area (Å²) in [6.45, 7) is 22.0. The standard InChI is InChI=1S/C15H35Si3.Al.2HI/c1-16(2,3)15(17(4,5)6)18(7,8)14-12-10-9-11-13-14;;;/h14H,9-13H2,1-8H3;;2*1H/q;+2;;/p-2. The van der Waals surface area contributed by atoms with E-state index in [1.165, 1.54) is 19.3 Å². The van der Waals surface area contributed by atoms with Gasteiger partial charge in [0.25, 0.3) is 0 Å². The zero-order chi connectivity index (χ0) is 16.7. The van der Waals surface area contributed by atoms with Crippen molar-refractivity contribution in [1.29, 1.82) is 0 Å². The minimum absolute atomic E-state index is 0.742. The summed E-state index contributed by atoms with van der Waals surface area (Å²) in [6.07, 6.45) is 7.66. The minimum Gasteiger partial charge on any atom is -0.191 e. The van der Waals surface area contributed by atoms with Crippen molar-refractivity contribution in [3.63, 3.8) is 0 Å². The van der Waals surface area contributed by atoms with Crippen LogP contribution in [0.5, 0.6) is 0 Å². The number of hydrogen-bond acceptors (Lipinski definition) is 0. The second-order valence-electron chi connectivity index (χ2n) is 9.67. The Bertz CT molecular complexity index is 339. The highest BCUT2D eigenvalue weighted by Gasteiger charge is 2.67. The molecule has 0 amide bonds. The Morgan fingerprint density at radius 1 is 0.762 bits per heavy atom. The second kappa shape index (κ2) is 7.49. The normalized spacial score (nSPS) is 19.7. The zero-order valence-corrected chi connectivity index (χ0v) is 23.9. The van der Waals surface area contributed by atoms with Crippen LogP contribution in [0.3, 0.4) is 0 Å². The third-order valence-electron chi connectivity index (χ3n) is 6.34. The van der Waals surface area contributed by atoms with Crippen molar-refractivity contribution in [3.8, 4) is 0 Å². The predicted molar refractivity (Wildman–Crippen MR) is 127 cm³/mol.